The molecule has 1 saturated heterocycles. The Morgan fingerprint density at radius 2 is 2.20 bits per heavy atom. The molecule has 1 atom stereocenters. The fraction of sp³-hybridized carbons (Fsp3) is 0.625. The molecule has 1 N–H and O–H groups in total. The molecule has 114 valence electrons. The van der Waals surface area contributed by atoms with Gasteiger partial charge in [0.05, 0.1) is 6.10 Å². The first kappa shape index (κ1) is 17.3. The number of rotatable bonds is 5. The molecule has 0 aromatic heterocycles. The van der Waals surface area contributed by atoms with Crippen molar-refractivity contribution >= 4 is 12.4 Å². The highest BCUT2D eigenvalue weighted by atomic mass is 35.5. The van der Waals surface area contributed by atoms with E-state index in [2.05, 4.69) is 49.3 Å². The summed E-state index contributed by atoms with van der Waals surface area (Å²) in [6.45, 7) is 7.50. The molecule has 2 rings (SSSR count). The quantitative estimate of drug-likeness (QED) is 0.904. The summed E-state index contributed by atoms with van der Waals surface area (Å²) in [5.74, 6) is 0.981. The van der Waals surface area contributed by atoms with E-state index >= 15 is 0 Å². The highest BCUT2D eigenvalue weighted by Crippen LogP contribution is 2.18. The fourth-order valence-electron chi connectivity index (χ4n) is 2.68. The zero-order chi connectivity index (χ0) is 13.7. The van der Waals surface area contributed by atoms with Gasteiger partial charge in [-0.15, -0.1) is 12.4 Å². The topological polar surface area (TPSA) is 24.5 Å². The van der Waals surface area contributed by atoms with Crippen LogP contribution in [0.25, 0.3) is 0 Å². The Labute approximate surface area is 129 Å². The standard InChI is InChI=1S/C16H26N2O.ClH/c1-13(2)19-16-8-4-6-14(10-16)11-18-9-5-7-15(12-18)17-3;/h4,6,8,10,13,15,17H,5,7,9,11-12H2,1-3H3;1H. The van der Waals surface area contributed by atoms with Crippen molar-refractivity contribution in [3.8, 4) is 5.75 Å². The zero-order valence-corrected chi connectivity index (χ0v) is 13.6. The molecule has 3 nitrogen and oxygen atoms in total. The average molecular weight is 299 g/mol. The summed E-state index contributed by atoms with van der Waals surface area (Å²) in [5, 5.41) is 3.39. The summed E-state index contributed by atoms with van der Waals surface area (Å²) in [6.07, 6.45) is 2.82. The summed E-state index contributed by atoms with van der Waals surface area (Å²) in [7, 11) is 2.06. The number of nitrogens with one attached hydrogen (secondary N) is 1. The zero-order valence-electron chi connectivity index (χ0n) is 12.8. The summed E-state index contributed by atoms with van der Waals surface area (Å²) < 4.78 is 5.76. The molecule has 20 heavy (non-hydrogen) atoms. The van der Waals surface area contributed by atoms with Gasteiger partial charge in [-0.2, -0.15) is 0 Å². The van der Waals surface area contributed by atoms with Gasteiger partial charge in [-0.05, 0) is 58.0 Å². The first-order valence-electron chi connectivity index (χ1n) is 7.32. The average Bonchev–Trinajstić information content (AvgIpc) is 2.38. The van der Waals surface area contributed by atoms with Crippen molar-refractivity contribution in [2.24, 2.45) is 0 Å². The van der Waals surface area contributed by atoms with Crippen LogP contribution in [-0.2, 0) is 6.54 Å². The molecule has 0 aliphatic carbocycles. The van der Waals surface area contributed by atoms with Crippen LogP contribution in [0.2, 0.25) is 0 Å². The Morgan fingerprint density at radius 3 is 2.90 bits per heavy atom. The summed E-state index contributed by atoms with van der Waals surface area (Å²) >= 11 is 0. The largest absolute Gasteiger partial charge is 0.491 e. The number of likely N-dealkylation sites (N-methyl/N-ethyl adjacent to an activating group) is 1. The van der Waals surface area contributed by atoms with E-state index < -0.39 is 0 Å². The van der Waals surface area contributed by atoms with Crippen LogP contribution in [0.4, 0.5) is 0 Å². The minimum Gasteiger partial charge on any atom is -0.491 e. The molecule has 1 fully saturated rings. The third kappa shape index (κ3) is 5.31. The van der Waals surface area contributed by atoms with E-state index in [4.69, 9.17) is 4.74 Å². The maximum absolute atomic E-state index is 5.76. The van der Waals surface area contributed by atoms with E-state index in [-0.39, 0.29) is 18.5 Å². The molecule has 0 spiro atoms. The number of ether oxygens (including phenoxy) is 1. The highest BCUT2D eigenvalue weighted by Gasteiger charge is 2.18. The van der Waals surface area contributed by atoms with Gasteiger partial charge in [0.1, 0.15) is 5.75 Å². The van der Waals surface area contributed by atoms with Gasteiger partial charge in [0.15, 0.2) is 0 Å². The Hall–Kier alpha value is -0.770. The lowest BCUT2D eigenvalue weighted by molar-refractivity contribution is 0.187. The molecule has 1 unspecified atom stereocenters. The number of benzene rings is 1. The Balaban J connectivity index is 0.00000200. The van der Waals surface area contributed by atoms with Crippen LogP contribution in [0, 0.1) is 0 Å². The summed E-state index contributed by atoms with van der Waals surface area (Å²) in [6, 6.07) is 9.13. The Bertz CT molecular complexity index is 398. The van der Waals surface area contributed by atoms with E-state index in [0.717, 1.165) is 18.8 Å². The van der Waals surface area contributed by atoms with Crippen molar-refractivity contribution in [1.82, 2.24) is 10.2 Å². The maximum atomic E-state index is 5.76. The van der Waals surface area contributed by atoms with Gasteiger partial charge in [0, 0.05) is 19.1 Å². The van der Waals surface area contributed by atoms with Crippen molar-refractivity contribution in [2.45, 2.75) is 45.4 Å². The lowest BCUT2D eigenvalue weighted by Gasteiger charge is -2.32. The van der Waals surface area contributed by atoms with Crippen LogP contribution in [0.15, 0.2) is 24.3 Å². The van der Waals surface area contributed by atoms with Crippen LogP contribution in [-0.4, -0.2) is 37.2 Å². The predicted octanol–water partition coefficient (Wildman–Crippen LogP) is 3.08. The lowest BCUT2D eigenvalue weighted by atomic mass is 10.0. The third-order valence-corrected chi connectivity index (χ3v) is 3.59. The molecule has 0 amide bonds. The van der Waals surface area contributed by atoms with Crippen molar-refractivity contribution in [2.75, 3.05) is 20.1 Å². The van der Waals surface area contributed by atoms with E-state index in [9.17, 15) is 0 Å². The van der Waals surface area contributed by atoms with E-state index in [1.165, 1.54) is 24.9 Å². The molecule has 1 heterocycles. The first-order valence-corrected chi connectivity index (χ1v) is 7.32. The summed E-state index contributed by atoms with van der Waals surface area (Å²) in [5.41, 5.74) is 1.34. The monoisotopic (exact) mass is 298 g/mol. The summed E-state index contributed by atoms with van der Waals surface area (Å²) in [4.78, 5) is 2.53. The number of hydrogen-bond donors (Lipinski definition) is 1. The smallest absolute Gasteiger partial charge is 0.120 e. The Kier molecular flexibility index (Phi) is 7.35. The number of piperidine rings is 1. The Morgan fingerprint density at radius 1 is 1.40 bits per heavy atom. The molecule has 0 saturated carbocycles. The van der Waals surface area contributed by atoms with Gasteiger partial charge in [-0.25, -0.2) is 0 Å². The van der Waals surface area contributed by atoms with Gasteiger partial charge in [-0.3, -0.25) is 4.90 Å². The minimum atomic E-state index is 0. The van der Waals surface area contributed by atoms with Crippen LogP contribution in [0.1, 0.15) is 32.3 Å². The number of likely N-dealkylation sites (tertiary alicyclic amines) is 1. The minimum absolute atomic E-state index is 0. The highest BCUT2D eigenvalue weighted by molar-refractivity contribution is 5.85. The molecule has 1 aliphatic heterocycles. The second-order valence-corrected chi connectivity index (χ2v) is 5.68. The van der Waals surface area contributed by atoms with Crippen molar-refractivity contribution < 1.29 is 4.74 Å². The van der Waals surface area contributed by atoms with Gasteiger partial charge >= 0.3 is 0 Å². The van der Waals surface area contributed by atoms with Crippen molar-refractivity contribution in [3.63, 3.8) is 0 Å². The molecule has 4 heteroatoms. The van der Waals surface area contributed by atoms with E-state index in [1.807, 2.05) is 6.07 Å². The van der Waals surface area contributed by atoms with Crippen molar-refractivity contribution in [1.29, 1.82) is 0 Å². The molecular weight excluding hydrogens is 272 g/mol. The maximum Gasteiger partial charge on any atom is 0.120 e. The van der Waals surface area contributed by atoms with Crippen molar-refractivity contribution in [3.05, 3.63) is 29.8 Å². The van der Waals surface area contributed by atoms with E-state index in [1.54, 1.807) is 0 Å². The van der Waals surface area contributed by atoms with Gasteiger partial charge in [0.25, 0.3) is 0 Å². The number of hydrogen-bond acceptors (Lipinski definition) is 3. The third-order valence-electron chi connectivity index (χ3n) is 3.59. The lowest BCUT2D eigenvalue weighted by Crippen LogP contribution is -2.43. The fourth-order valence-corrected chi connectivity index (χ4v) is 2.68. The van der Waals surface area contributed by atoms with Gasteiger partial charge in [0.2, 0.25) is 0 Å². The van der Waals surface area contributed by atoms with E-state index in [0.29, 0.717) is 6.04 Å². The van der Waals surface area contributed by atoms with Crippen LogP contribution in [0.3, 0.4) is 0 Å². The first-order chi connectivity index (χ1) is 9.17. The second-order valence-electron chi connectivity index (χ2n) is 5.68. The molecule has 0 radical (unpaired) electrons. The molecular formula is C16H27ClN2O. The molecule has 1 aromatic rings. The van der Waals surface area contributed by atoms with Crippen LogP contribution < -0.4 is 10.1 Å². The number of nitrogens with zero attached hydrogens (tertiary/aromatic N) is 1. The molecule has 1 aliphatic rings. The number of halogens is 1. The van der Waals surface area contributed by atoms with Crippen LogP contribution >= 0.6 is 12.4 Å². The predicted molar refractivity (Wildman–Crippen MR) is 86.8 cm³/mol. The second kappa shape index (κ2) is 8.50. The van der Waals surface area contributed by atoms with Gasteiger partial charge in [-0.1, -0.05) is 12.1 Å². The normalized spacial score (nSPS) is 19.7. The SMILES string of the molecule is CNC1CCCN(Cc2cccc(OC(C)C)c2)C1.Cl. The molecule has 1 aromatic carbocycles. The molecule has 0 bridgehead atoms. The van der Waals surface area contributed by atoms with Crippen LogP contribution in [0.5, 0.6) is 5.75 Å². The van der Waals surface area contributed by atoms with Gasteiger partial charge < -0.3 is 10.1 Å².